The summed E-state index contributed by atoms with van der Waals surface area (Å²) >= 11 is 0. The third-order valence-electron chi connectivity index (χ3n) is 4.67. The monoisotopic (exact) mass is 394 g/mol. The number of H-pyrrole nitrogens is 1. The van der Waals surface area contributed by atoms with Crippen LogP contribution >= 0.6 is 0 Å². The van der Waals surface area contributed by atoms with Crippen molar-refractivity contribution >= 4 is 5.91 Å². The molecule has 1 atom stereocenters. The van der Waals surface area contributed by atoms with E-state index in [1.807, 2.05) is 18.2 Å². The summed E-state index contributed by atoms with van der Waals surface area (Å²) in [4.78, 5) is 28.4. The molecule has 1 aromatic heterocycles. The smallest absolute Gasteiger partial charge is 0.350 e. The average molecular weight is 394 g/mol. The second kappa shape index (κ2) is 8.57. The fourth-order valence-corrected chi connectivity index (χ4v) is 3.17. The summed E-state index contributed by atoms with van der Waals surface area (Å²) < 4.78 is 40.2. The molecule has 2 aromatic rings. The maximum atomic E-state index is 13.4. The molecule has 9 heteroatoms. The molecule has 1 unspecified atom stereocenters. The molecular formula is C19H21F3N4O2. The van der Waals surface area contributed by atoms with Crippen molar-refractivity contribution in [2.24, 2.45) is 0 Å². The first-order valence-electron chi connectivity index (χ1n) is 8.94. The lowest BCUT2D eigenvalue weighted by atomic mass is 10.1. The fourth-order valence-electron chi connectivity index (χ4n) is 3.17. The van der Waals surface area contributed by atoms with E-state index in [1.54, 1.807) is 18.2 Å². The molecule has 1 fully saturated rings. The van der Waals surface area contributed by atoms with Gasteiger partial charge < -0.3 is 15.6 Å². The summed E-state index contributed by atoms with van der Waals surface area (Å²) in [7, 11) is 0. The average Bonchev–Trinajstić information content (AvgIpc) is 2.68. The number of halogens is 3. The standard InChI is InChI=1S/C19H21F3N4O2/c20-19(21,22)16(26-10-8-23-9-11-26)12-24-17(27)14-6-7-15(25-18(14)28)13-4-2-1-3-5-13/h1-7,16,23H,8-12H2,(H,24,27)(H,25,28). The Kier molecular flexibility index (Phi) is 6.15. The molecule has 2 heterocycles. The molecule has 0 saturated carbocycles. The lowest BCUT2D eigenvalue weighted by molar-refractivity contribution is -0.183. The van der Waals surface area contributed by atoms with Crippen molar-refractivity contribution in [1.29, 1.82) is 0 Å². The van der Waals surface area contributed by atoms with Crippen LogP contribution in [0.4, 0.5) is 13.2 Å². The summed E-state index contributed by atoms with van der Waals surface area (Å²) in [6, 6.07) is 10.1. The van der Waals surface area contributed by atoms with Gasteiger partial charge in [0.15, 0.2) is 0 Å². The molecular weight excluding hydrogens is 373 g/mol. The van der Waals surface area contributed by atoms with E-state index in [2.05, 4.69) is 15.6 Å². The number of aromatic amines is 1. The predicted molar refractivity (Wildman–Crippen MR) is 99.1 cm³/mol. The van der Waals surface area contributed by atoms with E-state index in [0.29, 0.717) is 18.8 Å². The Morgan fingerprint density at radius 1 is 1.11 bits per heavy atom. The number of nitrogens with one attached hydrogen (secondary N) is 3. The zero-order valence-corrected chi connectivity index (χ0v) is 15.1. The molecule has 1 aliphatic heterocycles. The van der Waals surface area contributed by atoms with Gasteiger partial charge in [0.2, 0.25) is 0 Å². The normalized spacial score (nSPS) is 16.5. The number of piperazine rings is 1. The Labute approximate surface area is 159 Å². The van der Waals surface area contributed by atoms with Gasteiger partial charge in [-0.15, -0.1) is 0 Å². The Balaban J connectivity index is 1.70. The second-order valence-electron chi connectivity index (χ2n) is 6.53. The van der Waals surface area contributed by atoms with Crippen LogP contribution < -0.4 is 16.2 Å². The van der Waals surface area contributed by atoms with E-state index in [-0.39, 0.29) is 18.7 Å². The van der Waals surface area contributed by atoms with Gasteiger partial charge >= 0.3 is 6.18 Å². The van der Waals surface area contributed by atoms with Gasteiger partial charge in [-0.1, -0.05) is 30.3 Å². The summed E-state index contributed by atoms with van der Waals surface area (Å²) in [5, 5.41) is 5.26. The molecule has 1 aromatic carbocycles. The lowest BCUT2D eigenvalue weighted by Crippen LogP contribution is -2.57. The highest BCUT2D eigenvalue weighted by Crippen LogP contribution is 2.24. The first-order valence-corrected chi connectivity index (χ1v) is 8.94. The molecule has 0 spiro atoms. The number of amides is 1. The fraction of sp³-hybridized carbons (Fsp3) is 0.368. The Morgan fingerprint density at radius 3 is 2.39 bits per heavy atom. The van der Waals surface area contributed by atoms with E-state index in [4.69, 9.17) is 0 Å². The van der Waals surface area contributed by atoms with Crippen LogP contribution in [0.25, 0.3) is 11.3 Å². The maximum Gasteiger partial charge on any atom is 0.405 e. The van der Waals surface area contributed by atoms with Gasteiger partial charge in [-0.2, -0.15) is 13.2 Å². The van der Waals surface area contributed by atoms with Crippen LogP contribution in [0.1, 0.15) is 10.4 Å². The lowest BCUT2D eigenvalue weighted by Gasteiger charge is -2.35. The highest BCUT2D eigenvalue weighted by molar-refractivity contribution is 5.94. The summed E-state index contributed by atoms with van der Waals surface area (Å²) in [5.41, 5.74) is 0.420. The van der Waals surface area contributed by atoms with Crippen molar-refractivity contribution in [3.63, 3.8) is 0 Å². The number of benzene rings is 1. The number of carbonyl (C=O) groups is 1. The van der Waals surface area contributed by atoms with Gasteiger partial charge in [-0.3, -0.25) is 14.5 Å². The number of alkyl halides is 3. The molecule has 0 aliphatic carbocycles. The van der Waals surface area contributed by atoms with Crippen molar-refractivity contribution < 1.29 is 18.0 Å². The summed E-state index contributed by atoms with van der Waals surface area (Å²) in [6.45, 7) is 0.795. The van der Waals surface area contributed by atoms with Crippen molar-refractivity contribution in [2.45, 2.75) is 12.2 Å². The molecule has 150 valence electrons. The number of hydrogen-bond donors (Lipinski definition) is 3. The number of carbonyl (C=O) groups excluding carboxylic acids is 1. The topological polar surface area (TPSA) is 77.2 Å². The van der Waals surface area contributed by atoms with E-state index in [9.17, 15) is 22.8 Å². The number of pyridine rings is 1. The van der Waals surface area contributed by atoms with Crippen LogP contribution in [-0.2, 0) is 0 Å². The van der Waals surface area contributed by atoms with Crippen LogP contribution in [0.5, 0.6) is 0 Å². The second-order valence-corrected chi connectivity index (χ2v) is 6.53. The Bertz CT molecular complexity index is 861. The third-order valence-corrected chi connectivity index (χ3v) is 4.67. The Morgan fingerprint density at radius 2 is 1.79 bits per heavy atom. The van der Waals surface area contributed by atoms with Gasteiger partial charge in [-0.25, -0.2) is 0 Å². The van der Waals surface area contributed by atoms with E-state index in [1.165, 1.54) is 11.0 Å². The molecule has 0 bridgehead atoms. The maximum absolute atomic E-state index is 13.4. The van der Waals surface area contributed by atoms with Crippen molar-refractivity contribution in [3.8, 4) is 11.3 Å². The SMILES string of the molecule is O=C(NCC(N1CCNCC1)C(F)(F)F)c1ccc(-c2ccccc2)[nH]c1=O. The van der Waals surface area contributed by atoms with Crippen molar-refractivity contribution in [2.75, 3.05) is 32.7 Å². The van der Waals surface area contributed by atoms with Gasteiger partial charge in [0, 0.05) is 38.4 Å². The minimum absolute atomic E-state index is 0.221. The molecule has 6 nitrogen and oxygen atoms in total. The van der Waals surface area contributed by atoms with E-state index < -0.39 is 30.2 Å². The molecule has 28 heavy (non-hydrogen) atoms. The molecule has 3 N–H and O–H groups in total. The minimum Gasteiger partial charge on any atom is -0.350 e. The van der Waals surface area contributed by atoms with Gasteiger partial charge in [-0.05, 0) is 17.7 Å². The zero-order chi connectivity index (χ0) is 20.1. The predicted octanol–water partition coefficient (Wildman–Crippen LogP) is 1.61. The molecule has 0 radical (unpaired) electrons. The van der Waals surface area contributed by atoms with E-state index >= 15 is 0 Å². The number of rotatable bonds is 5. The molecule has 3 rings (SSSR count). The molecule has 1 aliphatic rings. The highest BCUT2D eigenvalue weighted by Gasteiger charge is 2.43. The van der Waals surface area contributed by atoms with Crippen molar-refractivity contribution in [1.82, 2.24) is 20.5 Å². The minimum atomic E-state index is -4.48. The number of nitrogens with zero attached hydrogens (tertiary/aromatic N) is 1. The number of aromatic nitrogens is 1. The third kappa shape index (κ3) is 4.79. The quantitative estimate of drug-likeness (QED) is 0.720. The highest BCUT2D eigenvalue weighted by atomic mass is 19.4. The van der Waals surface area contributed by atoms with Gasteiger partial charge in [0.25, 0.3) is 11.5 Å². The van der Waals surface area contributed by atoms with Gasteiger partial charge in [0.05, 0.1) is 0 Å². The first kappa shape index (κ1) is 20.1. The van der Waals surface area contributed by atoms with E-state index in [0.717, 1.165) is 5.56 Å². The van der Waals surface area contributed by atoms with Gasteiger partial charge in [0.1, 0.15) is 11.6 Å². The van der Waals surface area contributed by atoms with Crippen LogP contribution in [0.2, 0.25) is 0 Å². The number of hydrogen-bond acceptors (Lipinski definition) is 4. The Hall–Kier alpha value is -2.65. The summed E-state index contributed by atoms with van der Waals surface area (Å²) in [6.07, 6.45) is -4.48. The largest absolute Gasteiger partial charge is 0.405 e. The van der Waals surface area contributed by atoms with Crippen LogP contribution in [0.3, 0.4) is 0 Å². The summed E-state index contributed by atoms with van der Waals surface area (Å²) in [5.74, 6) is -0.828. The van der Waals surface area contributed by atoms with Crippen LogP contribution in [0.15, 0.2) is 47.3 Å². The van der Waals surface area contributed by atoms with Crippen molar-refractivity contribution in [3.05, 3.63) is 58.4 Å². The first-order chi connectivity index (χ1) is 13.4. The molecule has 1 amide bonds. The molecule has 1 saturated heterocycles. The van der Waals surface area contributed by atoms with Crippen LogP contribution in [0, 0.1) is 0 Å². The zero-order valence-electron chi connectivity index (χ0n) is 15.1. The van der Waals surface area contributed by atoms with Crippen LogP contribution in [-0.4, -0.2) is 60.7 Å².